The third-order valence-corrected chi connectivity index (χ3v) is 8.78. The lowest BCUT2D eigenvalue weighted by atomic mass is 9.89. The Kier molecular flexibility index (Phi) is 6.20. The van der Waals surface area contributed by atoms with Gasteiger partial charge in [-0.25, -0.2) is 12.8 Å². The summed E-state index contributed by atoms with van der Waals surface area (Å²) >= 11 is 5.92. The van der Waals surface area contributed by atoms with Gasteiger partial charge in [-0.15, -0.1) is 4.40 Å². The second-order valence-corrected chi connectivity index (χ2v) is 12.9. The zero-order valence-electron chi connectivity index (χ0n) is 19.4. The first-order valence-electron chi connectivity index (χ1n) is 11.3. The van der Waals surface area contributed by atoms with E-state index < -0.39 is 37.7 Å². The molecule has 10 nitrogen and oxygen atoms in total. The summed E-state index contributed by atoms with van der Waals surface area (Å²) in [4.78, 5) is 14.9. The van der Waals surface area contributed by atoms with Gasteiger partial charge in [0.05, 0.1) is 17.0 Å². The average molecular weight is 569 g/mol. The topological polar surface area (TPSA) is 145 Å². The first kappa shape index (κ1) is 25.5. The lowest BCUT2D eigenvalue weighted by molar-refractivity contribution is -0.132. The third kappa shape index (κ3) is 4.78. The molecule has 14 heteroatoms. The zero-order chi connectivity index (χ0) is 26.7. The second kappa shape index (κ2) is 8.99. The number of amides is 1. The molecule has 1 saturated carbocycles. The summed E-state index contributed by atoms with van der Waals surface area (Å²) < 4.78 is 68.8. The maximum Gasteiger partial charge on any atom is 0.286 e. The summed E-state index contributed by atoms with van der Waals surface area (Å²) in [5.41, 5.74) is 0.416. The molecule has 1 amide bonds. The number of benzene rings is 2. The van der Waals surface area contributed by atoms with Crippen molar-refractivity contribution in [2.24, 2.45) is 10.3 Å². The Balaban J connectivity index is 1.53. The van der Waals surface area contributed by atoms with Crippen LogP contribution in [0.25, 0.3) is 0 Å². The molecule has 0 aromatic heterocycles. The molecular weight excluding hydrogens is 547 g/mol. The number of rotatable bonds is 5. The van der Waals surface area contributed by atoms with Crippen molar-refractivity contribution in [3.05, 3.63) is 64.1 Å². The monoisotopic (exact) mass is 568 g/mol. The molecule has 5 rings (SSSR count). The van der Waals surface area contributed by atoms with Gasteiger partial charge in [0.2, 0.25) is 10.0 Å². The van der Waals surface area contributed by atoms with Crippen LogP contribution in [0.1, 0.15) is 24.8 Å². The molecule has 0 bridgehead atoms. The summed E-state index contributed by atoms with van der Waals surface area (Å²) in [6.45, 7) is 0.0773. The van der Waals surface area contributed by atoms with Gasteiger partial charge in [-0.2, -0.15) is 8.42 Å². The van der Waals surface area contributed by atoms with Gasteiger partial charge in [0, 0.05) is 24.2 Å². The highest BCUT2D eigenvalue weighted by Gasteiger charge is 2.46. The number of aliphatic hydroxyl groups is 1. The van der Waals surface area contributed by atoms with Crippen LogP contribution < -0.4 is 10.0 Å². The van der Waals surface area contributed by atoms with Crippen LogP contribution in [0, 0.1) is 11.7 Å². The summed E-state index contributed by atoms with van der Waals surface area (Å²) in [6, 6.07) is 7.64. The SMILES string of the molecule is CS(=O)(=O)Nc1ccc2c(c1)S(=O)(=O)N=C(C1=C(O)[C@H]3CCC[C@H]3N(Cc3ccc(F)c(Cl)c3)C1=O)N2. The first-order chi connectivity index (χ1) is 17.3. The summed E-state index contributed by atoms with van der Waals surface area (Å²) in [5, 5.41) is 13.8. The second-order valence-electron chi connectivity index (χ2n) is 9.17. The number of sulfonamides is 2. The molecule has 2 atom stereocenters. The first-order valence-corrected chi connectivity index (χ1v) is 15.0. The zero-order valence-corrected chi connectivity index (χ0v) is 21.8. The number of fused-ring (bicyclic) bond motifs is 2. The van der Waals surface area contributed by atoms with E-state index in [-0.39, 0.29) is 51.0 Å². The van der Waals surface area contributed by atoms with E-state index in [2.05, 4.69) is 14.4 Å². The van der Waals surface area contributed by atoms with E-state index in [4.69, 9.17) is 11.6 Å². The van der Waals surface area contributed by atoms with Gasteiger partial charge in [-0.1, -0.05) is 24.1 Å². The van der Waals surface area contributed by atoms with Crippen LogP contribution in [0.15, 0.2) is 57.0 Å². The lowest BCUT2D eigenvalue weighted by Gasteiger charge is -2.39. The van der Waals surface area contributed by atoms with Crippen molar-refractivity contribution in [3.63, 3.8) is 0 Å². The predicted molar refractivity (Wildman–Crippen MR) is 136 cm³/mol. The number of carbonyl (C=O) groups excluding carboxylic acids is 1. The van der Waals surface area contributed by atoms with Crippen LogP contribution >= 0.6 is 11.6 Å². The van der Waals surface area contributed by atoms with Crippen LogP contribution in [0.3, 0.4) is 0 Å². The average Bonchev–Trinajstić information content (AvgIpc) is 3.28. The fourth-order valence-corrected chi connectivity index (χ4v) is 6.92. The summed E-state index contributed by atoms with van der Waals surface area (Å²) in [7, 11) is -8.01. The fraction of sp³-hybridized carbons (Fsp3) is 0.304. The fourth-order valence-electron chi connectivity index (χ4n) is 5.01. The van der Waals surface area contributed by atoms with Crippen LogP contribution in [-0.4, -0.2) is 50.9 Å². The molecule has 0 radical (unpaired) electrons. The number of anilines is 2. The number of aliphatic hydroxyl groups excluding tert-OH is 1. The molecule has 3 aliphatic rings. The smallest absolute Gasteiger partial charge is 0.286 e. The molecule has 1 aliphatic carbocycles. The van der Waals surface area contributed by atoms with Crippen LogP contribution in [0.2, 0.25) is 5.02 Å². The third-order valence-electron chi connectivity index (χ3n) is 6.56. The molecule has 0 unspecified atom stereocenters. The highest BCUT2D eigenvalue weighted by atomic mass is 35.5. The Morgan fingerprint density at radius 1 is 1.24 bits per heavy atom. The standard InChI is InChI=1S/C23H22ClFN4O6S2/c1-36(32,33)27-13-6-8-17-19(10-13)37(34,35)28-22(26-17)20-21(30)14-3-2-4-18(14)29(23(20)31)11-12-5-7-16(25)15(24)9-12/h5-10,14,18,27,30H,2-4,11H2,1H3,(H,26,28)/t14-,18+/m0/s1. The highest BCUT2D eigenvalue weighted by Crippen LogP contribution is 2.42. The van der Waals surface area contributed by atoms with E-state index >= 15 is 0 Å². The minimum Gasteiger partial charge on any atom is -0.511 e. The minimum atomic E-state index is -4.36. The maximum atomic E-state index is 13.7. The molecular formula is C23H22ClFN4O6S2. The Hall–Kier alpha value is -3.16. The van der Waals surface area contributed by atoms with Crippen LogP contribution in [0.4, 0.5) is 15.8 Å². The van der Waals surface area contributed by atoms with Crippen molar-refractivity contribution in [3.8, 4) is 0 Å². The minimum absolute atomic E-state index is 0.0269. The van der Waals surface area contributed by atoms with Gasteiger partial charge in [-0.3, -0.25) is 9.52 Å². The van der Waals surface area contributed by atoms with E-state index in [9.17, 15) is 31.1 Å². The van der Waals surface area contributed by atoms with Crippen molar-refractivity contribution in [1.29, 1.82) is 0 Å². The molecule has 0 saturated heterocycles. The van der Waals surface area contributed by atoms with Gasteiger partial charge in [-0.05, 0) is 48.7 Å². The largest absolute Gasteiger partial charge is 0.511 e. The molecule has 1 fully saturated rings. The number of halogens is 2. The number of hydrogen-bond acceptors (Lipinski definition) is 7. The van der Waals surface area contributed by atoms with Crippen molar-refractivity contribution in [2.45, 2.75) is 36.7 Å². The van der Waals surface area contributed by atoms with E-state index in [0.717, 1.165) is 18.7 Å². The van der Waals surface area contributed by atoms with Crippen molar-refractivity contribution < 1.29 is 31.1 Å². The van der Waals surface area contributed by atoms with Gasteiger partial charge < -0.3 is 15.3 Å². The normalized spacial score (nSPS) is 22.7. The van der Waals surface area contributed by atoms with Gasteiger partial charge in [0.1, 0.15) is 22.0 Å². The van der Waals surface area contributed by atoms with Crippen molar-refractivity contribution in [1.82, 2.24) is 4.90 Å². The quantitative estimate of drug-likeness (QED) is 0.501. The van der Waals surface area contributed by atoms with E-state index in [0.29, 0.717) is 18.4 Å². The molecule has 2 aliphatic heterocycles. The van der Waals surface area contributed by atoms with Crippen LogP contribution in [-0.2, 0) is 31.4 Å². The Bertz CT molecular complexity index is 1610. The van der Waals surface area contributed by atoms with Gasteiger partial charge in [0.15, 0.2) is 5.84 Å². The molecule has 2 aromatic carbocycles. The molecule has 0 spiro atoms. The van der Waals surface area contributed by atoms with E-state index in [1.165, 1.54) is 35.2 Å². The number of hydrogen-bond donors (Lipinski definition) is 3. The molecule has 196 valence electrons. The Morgan fingerprint density at radius 2 is 2.00 bits per heavy atom. The predicted octanol–water partition coefficient (Wildman–Crippen LogP) is 3.39. The highest BCUT2D eigenvalue weighted by molar-refractivity contribution is 7.92. The number of carbonyl (C=O) groups is 1. The summed E-state index contributed by atoms with van der Waals surface area (Å²) in [6.07, 6.45) is 2.91. The number of amidine groups is 1. The molecule has 2 heterocycles. The molecule has 37 heavy (non-hydrogen) atoms. The van der Waals surface area contributed by atoms with Gasteiger partial charge >= 0.3 is 0 Å². The molecule has 2 aromatic rings. The van der Waals surface area contributed by atoms with Crippen molar-refractivity contribution in [2.75, 3.05) is 16.3 Å². The summed E-state index contributed by atoms with van der Waals surface area (Å²) in [5.74, 6) is -2.20. The number of nitrogens with zero attached hydrogens (tertiary/aromatic N) is 2. The van der Waals surface area contributed by atoms with Crippen LogP contribution in [0.5, 0.6) is 0 Å². The van der Waals surface area contributed by atoms with E-state index in [1.54, 1.807) is 0 Å². The molecule has 3 N–H and O–H groups in total. The maximum absolute atomic E-state index is 13.7. The van der Waals surface area contributed by atoms with Crippen molar-refractivity contribution >= 4 is 54.8 Å². The Morgan fingerprint density at radius 3 is 2.70 bits per heavy atom. The number of nitrogens with one attached hydrogen (secondary N) is 2. The Labute approximate surface area is 217 Å². The lowest BCUT2D eigenvalue weighted by Crippen LogP contribution is -2.49. The van der Waals surface area contributed by atoms with E-state index in [1.807, 2.05) is 0 Å². The van der Waals surface area contributed by atoms with Gasteiger partial charge in [0.25, 0.3) is 15.9 Å².